The molecule has 0 saturated carbocycles. The fourth-order valence-corrected chi connectivity index (χ4v) is 2.31. The summed E-state index contributed by atoms with van der Waals surface area (Å²) in [7, 11) is 3.28. The van der Waals surface area contributed by atoms with Crippen LogP contribution in [0.5, 0.6) is 5.75 Å². The first kappa shape index (κ1) is 14.6. The summed E-state index contributed by atoms with van der Waals surface area (Å²) < 4.78 is 10.4. The molecule has 0 bridgehead atoms. The van der Waals surface area contributed by atoms with Gasteiger partial charge in [0.1, 0.15) is 5.75 Å². The number of methoxy groups -OCH3 is 2. The first-order valence-electron chi connectivity index (χ1n) is 6.61. The lowest BCUT2D eigenvalue weighted by Crippen LogP contribution is -2.32. The van der Waals surface area contributed by atoms with Crippen molar-refractivity contribution < 1.29 is 14.3 Å². The number of carbonyl (C=O) groups excluding carboxylic acids is 1. The van der Waals surface area contributed by atoms with Gasteiger partial charge in [0.05, 0.1) is 31.1 Å². The van der Waals surface area contributed by atoms with Crippen LogP contribution < -0.4 is 15.8 Å². The van der Waals surface area contributed by atoms with E-state index in [1.54, 1.807) is 32.4 Å². The minimum Gasteiger partial charge on any atom is -0.497 e. The second-order valence-electron chi connectivity index (χ2n) is 4.88. The van der Waals surface area contributed by atoms with Crippen molar-refractivity contribution in [2.75, 3.05) is 44.9 Å². The summed E-state index contributed by atoms with van der Waals surface area (Å²) in [6, 6.07) is 5.20. The second kappa shape index (κ2) is 6.58. The largest absolute Gasteiger partial charge is 0.497 e. The third kappa shape index (κ3) is 3.61. The number of ether oxygens (including phenoxy) is 2. The van der Waals surface area contributed by atoms with E-state index in [9.17, 15) is 4.79 Å². The van der Waals surface area contributed by atoms with Crippen molar-refractivity contribution in [1.29, 1.82) is 0 Å². The molecular weight excluding hydrogens is 258 g/mol. The Morgan fingerprint density at radius 3 is 2.90 bits per heavy atom. The summed E-state index contributed by atoms with van der Waals surface area (Å²) in [6.45, 7) is 2.03. The topological polar surface area (TPSA) is 76.8 Å². The number of nitrogen functional groups attached to an aromatic ring is 1. The summed E-state index contributed by atoms with van der Waals surface area (Å²) in [5, 5.41) is 2.82. The molecule has 110 valence electrons. The fourth-order valence-electron chi connectivity index (χ4n) is 2.31. The first-order valence-corrected chi connectivity index (χ1v) is 6.61. The highest BCUT2D eigenvalue weighted by Crippen LogP contribution is 2.24. The third-order valence-electron chi connectivity index (χ3n) is 3.46. The molecule has 20 heavy (non-hydrogen) atoms. The van der Waals surface area contributed by atoms with Crippen molar-refractivity contribution in [2.45, 2.75) is 12.5 Å². The first-order chi connectivity index (χ1) is 9.62. The average molecular weight is 279 g/mol. The molecule has 0 radical (unpaired) electrons. The molecule has 1 aliphatic heterocycles. The standard InChI is InChI=1S/C14H21N3O3/c1-19-10-3-4-13(12(15)7-10)16-14(18)9-17-6-5-11(8-17)20-2/h3-4,7,11H,5-6,8-9,15H2,1-2H3,(H,16,18). The Morgan fingerprint density at radius 1 is 1.50 bits per heavy atom. The Morgan fingerprint density at radius 2 is 2.30 bits per heavy atom. The number of anilines is 2. The van der Waals surface area contributed by atoms with Gasteiger partial charge in [-0.25, -0.2) is 0 Å². The number of benzene rings is 1. The van der Waals surface area contributed by atoms with Crippen LogP contribution in [0.2, 0.25) is 0 Å². The number of hydrogen-bond acceptors (Lipinski definition) is 5. The number of nitrogens with zero attached hydrogens (tertiary/aromatic N) is 1. The van der Waals surface area contributed by atoms with Crippen LogP contribution in [0.15, 0.2) is 18.2 Å². The van der Waals surface area contributed by atoms with E-state index in [2.05, 4.69) is 10.2 Å². The maximum Gasteiger partial charge on any atom is 0.238 e. The van der Waals surface area contributed by atoms with E-state index in [1.807, 2.05) is 0 Å². The molecule has 1 atom stereocenters. The van der Waals surface area contributed by atoms with Crippen molar-refractivity contribution in [3.8, 4) is 5.75 Å². The predicted molar refractivity (Wildman–Crippen MR) is 77.9 cm³/mol. The zero-order chi connectivity index (χ0) is 14.5. The maximum absolute atomic E-state index is 12.0. The van der Waals surface area contributed by atoms with Crippen molar-refractivity contribution in [1.82, 2.24) is 4.90 Å². The zero-order valence-corrected chi connectivity index (χ0v) is 11.9. The van der Waals surface area contributed by atoms with Crippen LogP contribution >= 0.6 is 0 Å². The Labute approximate surface area is 118 Å². The highest BCUT2D eigenvalue weighted by Gasteiger charge is 2.23. The van der Waals surface area contributed by atoms with Gasteiger partial charge in [-0.1, -0.05) is 0 Å². The molecule has 3 N–H and O–H groups in total. The average Bonchev–Trinajstić information content (AvgIpc) is 2.88. The minimum atomic E-state index is -0.0707. The lowest BCUT2D eigenvalue weighted by molar-refractivity contribution is -0.117. The highest BCUT2D eigenvalue weighted by molar-refractivity contribution is 5.95. The molecule has 1 aliphatic rings. The minimum absolute atomic E-state index is 0.0707. The Balaban J connectivity index is 1.88. The number of hydrogen-bond donors (Lipinski definition) is 2. The molecule has 6 heteroatoms. The molecule has 1 amide bonds. The second-order valence-corrected chi connectivity index (χ2v) is 4.88. The van der Waals surface area contributed by atoms with E-state index in [0.717, 1.165) is 19.5 Å². The fraction of sp³-hybridized carbons (Fsp3) is 0.500. The van der Waals surface area contributed by atoms with Gasteiger partial charge < -0.3 is 20.5 Å². The van der Waals surface area contributed by atoms with Gasteiger partial charge in [0.15, 0.2) is 0 Å². The van der Waals surface area contributed by atoms with Gasteiger partial charge >= 0.3 is 0 Å². The number of amides is 1. The number of likely N-dealkylation sites (tertiary alicyclic amines) is 1. The highest BCUT2D eigenvalue weighted by atomic mass is 16.5. The van der Waals surface area contributed by atoms with E-state index >= 15 is 0 Å². The van der Waals surface area contributed by atoms with Gasteiger partial charge in [-0.3, -0.25) is 9.69 Å². The van der Waals surface area contributed by atoms with Crippen molar-refractivity contribution in [3.05, 3.63) is 18.2 Å². The maximum atomic E-state index is 12.0. The monoisotopic (exact) mass is 279 g/mol. The molecule has 0 aliphatic carbocycles. The number of nitrogens with two attached hydrogens (primary N) is 1. The molecule has 2 rings (SSSR count). The van der Waals surface area contributed by atoms with Crippen molar-refractivity contribution >= 4 is 17.3 Å². The smallest absolute Gasteiger partial charge is 0.238 e. The van der Waals surface area contributed by atoms with E-state index in [4.69, 9.17) is 15.2 Å². The van der Waals surface area contributed by atoms with Crippen LogP contribution in [0.4, 0.5) is 11.4 Å². The van der Waals surface area contributed by atoms with Gasteiger partial charge in [-0.15, -0.1) is 0 Å². The van der Waals surface area contributed by atoms with Gasteiger partial charge in [0.2, 0.25) is 5.91 Å². The normalized spacial score (nSPS) is 19.0. The van der Waals surface area contributed by atoms with Crippen LogP contribution in [-0.2, 0) is 9.53 Å². The summed E-state index contributed by atoms with van der Waals surface area (Å²) in [4.78, 5) is 14.1. The third-order valence-corrected chi connectivity index (χ3v) is 3.46. The molecule has 1 saturated heterocycles. The number of carbonyl (C=O) groups is 1. The SMILES string of the molecule is COc1ccc(NC(=O)CN2CCC(OC)C2)c(N)c1. The van der Waals surface area contributed by atoms with Crippen LogP contribution in [-0.4, -0.2) is 50.8 Å². The molecule has 1 aromatic carbocycles. The van der Waals surface area contributed by atoms with Gasteiger partial charge in [-0.05, 0) is 18.6 Å². The molecule has 1 aromatic rings. The lowest BCUT2D eigenvalue weighted by Gasteiger charge is -2.16. The lowest BCUT2D eigenvalue weighted by atomic mass is 10.2. The predicted octanol–water partition coefficient (Wildman–Crippen LogP) is 0.937. The molecule has 0 spiro atoms. The number of rotatable bonds is 5. The van der Waals surface area contributed by atoms with Gasteiger partial charge in [-0.2, -0.15) is 0 Å². The summed E-state index contributed by atoms with van der Waals surface area (Å²) in [5.41, 5.74) is 6.97. The van der Waals surface area contributed by atoms with Crippen LogP contribution in [0.25, 0.3) is 0 Å². The molecule has 0 aromatic heterocycles. The molecule has 1 fully saturated rings. The summed E-state index contributed by atoms with van der Waals surface area (Å²) in [5.74, 6) is 0.599. The van der Waals surface area contributed by atoms with Crippen LogP contribution in [0, 0.1) is 0 Å². The van der Waals surface area contributed by atoms with Gasteiger partial charge in [0, 0.05) is 26.3 Å². The Bertz CT molecular complexity index is 479. The molecular formula is C14H21N3O3. The molecule has 6 nitrogen and oxygen atoms in total. The van der Waals surface area contributed by atoms with E-state index in [1.165, 1.54) is 0 Å². The van der Waals surface area contributed by atoms with Gasteiger partial charge in [0.25, 0.3) is 0 Å². The van der Waals surface area contributed by atoms with E-state index < -0.39 is 0 Å². The zero-order valence-electron chi connectivity index (χ0n) is 11.9. The Hall–Kier alpha value is -1.79. The summed E-state index contributed by atoms with van der Waals surface area (Å²) >= 11 is 0. The van der Waals surface area contributed by atoms with Crippen LogP contribution in [0.1, 0.15) is 6.42 Å². The van der Waals surface area contributed by atoms with Crippen molar-refractivity contribution in [2.24, 2.45) is 0 Å². The number of nitrogens with one attached hydrogen (secondary N) is 1. The Kier molecular flexibility index (Phi) is 4.81. The van der Waals surface area contributed by atoms with E-state index in [-0.39, 0.29) is 12.0 Å². The van der Waals surface area contributed by atoms with E-state index in [0.29, 0.717) is 23.7 Å². The molecule has 1 unspecified atom stereocenters. The summed E-state index contributed by atoms with van der Waals surface area (Å²) in [6.07, 6.45) is 1.20. The van der Waals surface area contributed by atoms with Crippen LogP contribution in [0.3, 0.4) is 0 Å². The molecule has 1 heterocycles. The quantitative estimate of drug-likeness (QED) is 0.784. The van der Waals surface area contributed by atoms with Crippen molar-refractivity contribution in [3.63, 3.8) is 0 Å².